The first kappa shape index (κ1) is 14.5. The number of hydrogen-bond acceptors (Lipinski definition) is 4. The highest BCUT2D eigenvalue weighted by atomic mass is 16.5. The predicted molar refractivity (Wildman–Crippen MR) is 71.5 cm³/mol. The van der Waals surface area contributed by atoms with Gasteiger partial charge in [-0.1, -0.05) is 20.8 Å². The number of hydrogen-bond donors (Lipinski definition) is 2. The molecule has 0 aliphatic carbocycles. The van der Waals surface area contributed by atoms with Gasteiger partial charge in [-0.3, -0.25) is 0 Å². The van der Waals surface area contributed by atoms with Gasteiger partial charge in [0.2, 0.25) is 0 Å². The molecule has 100 valence electrons. The molecule has 1 rings (SSSR count). The third kappa shape index (κ3) is 4.04. The number of aliphatic hydroxyl groups is 1. The zero-order chi connectivity index (χ0) is 13.8. The lowest BCUT2D eigenvalue weighted by Crippen LogP contribution is -2.14. The number of nitrogens with two attached hydrogens (primary N) is 1. The van der Waals surface area contributed by atoms with Crippen molar-refractivity contribution in [3.63, 3.8) is 0 Å². The van der Waals surface area contributed by atoms with E-state index in [9.17, 15) is 4.79 Å². The number of aliphatic hydroxyl groups excluding tert-OH is 1. The number of carbonyl (C=O) groups is 1. The third-order valence-corrected chi connectivity index (χ3v) is 2.59. The number of esters is 1. The number of nitrogen functional groups attached to an aromatic ring is 1. The number of carbonyl (C=O) groups excluding carboxylic acids is 1. The summed E-state index contributed by atoms with van der Waals surface area (Å²) >= 11 is 0. The van der Waals surface area contributed by atoms with Gasteiger partial charge < -0.3 is 15.6 Å². The van der Waals surface area contributed by atoms with E-state index in [-0.39, 0.29) is 18.6 Å². The Bertz CT molecular complexity index is 422. The van der Waals surface area contributed by atoms with Crippen molar-refractivity contribution in [3.8, 4) is 0 Å². The zero-order valence-corrected chi connectivity index (χ0v) is 11.2. The van der Waals surface area contributed by atoms with Crippen molar-refractivity contribution < 1.29 is 14.6 Å². The molecule has 0 saturated heterocycles. The molecule has 0 spiro atoms. The second-order valence-corrected chi connectivity index (χ2v) is 5.31. The monoisotopic (exact) mass is 251 g/mol. The largest absolute Gasteiger partial charge is 0.462 e. The minimum atomic E-state index is -0.402. The lowest BCUT2D eigenvalue weighted by molar-refractivity contribution is 0.0482. The van der Waals surface area contributed by atoms with Crippen LogP contribution in [-0.4, -0.2) is 24.3 Å². The lowest BCUT2D eigenvalue weighted by atomic mass is 9.86. The van der Waals surface area contributed by atoms with E-state index in [1.54, 1.807) is 12.1 Å². The van der Waals surface area contributed by atoms with Crippen LogP contribution in [0.4, 0.5) is 5.69 Å². The zero-order valence-electron chi connectivity index (χ0n) is 11.2. The molecular formula is C14H21NO3. The Hall–Kier alpha value is -1.55. The van der Waals surface area contributed by atoms with Crippen molar-refractivity contribution in [2.75, 3.05) is 18.9 Å². The number of ether oxygens (including phenoxy) is 1. The Morgan fingerprint density at radius 3 is 2.56 bits per heavy atom. The van der Waals surface area contributed by atoms with E-state index < -0.39 is 5.97 Å². The highest BCUT2D eigenvalue weighted by molar-refractivity contribution is 5.90. The maximum atomic E-state index is 11.8. The van der Waals surface area contributed by atoms with Crippen LogP contribution in [0.25, 0.3) is 0 Å². The van der Waals surface area contributed by atoms with Gasteiger partial charge in [0.25, 0.3) is 0 Å². The number of benzene rings is 1. The molecule has 0 bridgehead atoms. The summed E-state index contributed by atoms with van der Waals surface area (Å²) in [6.45, 7) is 6.40. The minimum absolute atomic E-state index is 0.0114. The summed E-state index contributed by atoms with van der Waals surface area (Å²) in [5.41, 5.74) is 7.73. The fraction of sp³-hybridized carbons (Fsp3) is 0.500. The fourth-order valence-corrected chi connectivity index (χ4v) is 1.52. The molecule has 0 aliphatic heterocycles. The summed E-state index contributed by atoms with van der Waals surface area (Å²) in [7, 11) is 0. The van der Waals surface area contributed by atoms with Gasteiger partial charge in [-0.05, 0) is 29.2 Å². The van der Waals surface area contributed by atoms with Crippen molar-refractivity contribution in [2.24, 2.45) is 0 Å². The molecular weight excluding hydrogens is 230 g/mol. The molecule has 0 unspecified atom stereocenters. The molecule has 0 saturated carbocycles. The van der Waals surface area contributed by atoms with E-state index >= 15 is 0 Å². The van der Waals surface area contributed by atoms with E-state index in [1.165, 1.54) is 0 Å². The molecule has 0 radical (unpaired) electrons. The van der Waals surface area contributed by atoms with Crippen LogP contribution in [0.15, 0.2) is 18.2 Å². The molecule has 0 atom stereocenters. The summed E-state index contributed by atoms with van der Waals surface area (Å²) in [5, 5.41) is 8.63. The van der Waals surface area contributed by atoms with Crippen molar-refractivity contribution in [1.82, 2.24) is 0 Å². The second-order valence-electron chi connectivity index (χ2n) is 5.31. The van der Waals surface area contributed by atoms with Gasteiger partial charge in [0.1, 0.15) is 0 Å². The Morgan fingerprint density at radius 2 is 2.00 bits per heavy atom. The van der Waals surface area contributed by atoms with Gasteiger partial charge >= 0.3 is 5.97 Å². The van der Waals surface area contributed by atoms with Crippen LogP contribution in [0.2, 0.25) is 0 Å². The molecule has 0 amide bonds. The van der Waals surface area contributed by atoms with Gasteiger partial charge in [-0.2, -0.15) is 0 Å². The van der Waals surface area contributed by atoms with Gasteiger partial charge in [0, 0.05) is 18.7 Å². The lowest BCUT2D eigenvalue weighted by Gasteiger charge is -2.20. The Morgan fingerprint density at radius 1 is 1.33 bits per heavy atom. The van der Waals surface area contributed by atoms with Gasteiger partial charge in [0.05, 0.1) is 12.2 Å². The van der Waals surface area contributed by atoms with E-state index in [0.717, 1.165) is 5.56 Å². The Balaban J connectivity index is 2.89. The molecule has 0 heterocycles. The highest BCUT2D eigenvalue weighted by Gasteiger charge is 2.17. The van der Waals surface area contributed by atoms with Crippen molar-refractivity contribution in [2.45, 2.75) is 32.6 Å². The minimum Gasteiger partial charge on any atom is -0.462 e. The molecule has 0 aromatic heterocycles. The average molecular weight is 251 g/mol. The van der Waals surface area contributed by atoms with Crippen molar-refractivity contribution in [1.29, 1.82) is 0 Å². The van der Waals surface area contributed by atoms with Crippen LogP contribution < -0.4 is 5.73 Å². The van der Waals surface area contributed by atoms with Gasteiger partial charge in [-0.15, -0.1) is 0 Å². The van der Waals surface area contributed by atoms with Crippen LogP contribution >= 0.6 is 0 Å². The third-order valence-electron chi connectivity index (χ3n) is 2.59. The summed E-state index contributed by atoms with van der Waals surface area (Å²) in [6, 6.07) is 5.28. The topological polar surface area (TPSA) is 72.6 Å². The maximum Gasteiger partial charge on any atom is 0.338 e. The quantitative estimate of drug-likeness (QED) is 0.488. The summed E-state index contributed by atoms with van der Waals surface area (Å²) in [4.78, 5) is 11.8. The normalized spacial score (nSPS) is 11.3. The van der Waals surface area contributed by atoms with Gasteiger partial charge in [0.15, 0.2) is 0 Å². The van der Waals surface area contributed by atoms with E-state index in [4.69, 9.17) is 15.6 Å². The smallest absolute Gasteiger partial charge is 0.338 e. The highest BCUT2D eigenvalue weighted by Crippen LogP contribution is 2.25. The molecule has 3 N–H and O–H groups in total. The van der Waals surface area contributed by atoms with Gasteiger partial charge in [-0.25, -0.2) is 4.79 Å². The number of rotatable bonds is 4. The Labute approximate surface area is 108 Å². The first-order valence-corrected chi connectivity index (χ1v) is 6.03. The second kappa shape index (κ2) is 5.87. The maximum absolute atomic E-state index is 11.8. The summed E-state index contributed by atoms with van der Waals surface area (Å²) < 4.78 is 5.04. The van der Waals surface area contributed by atoms with Crippen LogP contribution in [0.5, 0.6) is 0 Å². The summed E-state index contributed by atoms with van der Waals surface area (Å²) in [5.74, 6) is -0.402. The number of anilines is 1. The molecule has 0 aliphatic rings. The van der Waals surface area contributed by atoms with Crippen molar-refractivity contribution >= 4 is 11.7 Å². The van der Waals surface area contributed by atoms with Crippen LogP contribution in [-0.2, 0) is 10.2 Å². The molecule has 4 heteroatoms. The first-order chi connectivity index (χ1) is 8.34. The standard InChI is InChI=1S/C14H21NO3/c1-14(2,3)11-7-10(8-12(15)9-11)13(17)18-6-4-5-16/h7-9,16H,4-6,15H2,1-3H3. The van der Waals surface area contributed by atoms with E-state index in [2.05, 4.69) is 20.8 Å². The van der Waals surface area contributed by atoms with Crippen LogP contribution in [0.3, 0.4) is 0 Å². The van der Waals surface area contributed by atoms with Crippen LogP contribution in [0.1, 0.15) is 43.1 Å². The van der Waals surface area contributed by atoms with E-state index in [1.807, 2.05) is 6.07 Å². The Kier molecular flexibility index (Phi) is 4.73. The first-order valence-electron chi connectivity index (χ1n) is 6.03. The average Bonchev–Trinajstić information content (AvgIpc) is 2.27. The SMILES string of the molecule is CC(C)(C)c1cc(N)cc(C(=O)OCCCO)c1. The molecule has 1 aromatic carbocycles. The summed E-state index contributed by atoms with van der Waals surface area (Å²) in [6.07, 6.45) is 0.445. The van der Waals surface area contributed by atoms with Crippen LogP contribution in [0, 0.1) is 0 Å². The molecule has 0 fully saturated rings. The molecule has 18 heavy (non-hydrogen) atoms. The molecule has 4 nitrogen and oxygen atoms in total. The van der Waals surface area contributed by atoms with E-state index in [0.29, 0.717) is 17.7 Å². The molecule has 1 aromatic rings. The van der Waals surface area contributed by atoms with Crippen molar-refractivity contribution in [3.05, 3.63) is 29.3 Å². The predicted octanol–water partition coefficient (Wildman–Crippen LogP) is 2.11. The fourth-order valence-electron chi connectivity index (χ4n) is 1.52.